The van der Waals surface area contributed by atoms with Crippen molar-refractivity contribution < 1.29 is 0 Å². The van der Waals surface area contributed by atoms with Crippen LogP contribution >= 0.6 is 45.3 Å². The standard InChI is InChI=1S/C24H14S4/c1-2-8-15-16(9-3-1)18(24-27-21-12-6-7-13-22(21)28-24)14-17(15)23-25-19-10-4-5-11-20(19)26-23/h1-14H/q+2. The van der Waals surface area contributed by atoms with Crippen LogP contribution in [0.2, 0.25) is 0 Å². The summed E-state index contributed by atoms with van der Waals surface area (Å²) in [6, 6.07) is 30.8. The van der Waals surface area contributed by atoms with Crippen molar-refractivity contribution in [2.45, 2.75) is 0 Å². The fraction of sp³-hybridized carbons (Fsp3) is 0. The second kappa shape index (κ2) is 6.68. The first-order valence-corrected chi connectivity index (χ1v) is 12.3. The van der Waals surface area contributed by atoms with Crippen LogP contribution in [0.15, 0.2) is 84.9 Å². The van der Waals surface area contributed by atoms with E-state index in [-0.39, 0.29) is 0 Å². The van der Waals surface area contributed by atoms with Crippen molar-refractivity contribution in [2.24, 2.45) is 0 Å². The van der Waals surface area contributed by atoms with Gasteiger partial charge in [-0.2, -0.15) is 0 Å². The molecule has 2 aromatic heterocycles. The molecule has 2 aliphatic carbocycles. The van der Waals surface area contributed by atoms with E-state index in [4.69, 9.17) is 0 Å². The van der Waals surface area contributed by atoms with Crippen molar-refractivity contribution >= 4 is 64.1 Å². The lowest BCUT2D eigenvalue weighted by Gasteiger charge is -1.94. The summed E-state index contributed by atoms with van der Waals surface area (Å²) in [4.78, 5) is 0. The molecule has 0 atom stereocenters. The van der Waals surface area contributed by atoms with E-state index in [1.807, 2.05) is 45.3 Å². The zero-order chi connectivity index (χ0) is 18.5. The number of fused-ring (bicyclic) bond motifs is 3. The van der Waals surface area contributed by atoms with Gasteiger partial charge in [0.15, 0.2) is 18.8 Å². The van der Waals surface area contributed by atoms with Crippen LogP contribution in [0.4, 0.5) is 0 Å². The largest absolute Gasteiger partial charge is 0.286 e. The second-order valence-electron chi connectivity index (χ2n) is 6.59. The van der Waals surface area contributed by atoms with E-state index in [1.165, 1.54) is 49.4 Å². The van der Waals surface area contributed by atoms with Crippen molar-refractivity contribution in [3.05, 3.63) is 84.9 Å². The summed E-state index contributed by atoms with van der Waals surface area (Å²) in [7, 11) is 0. The molecule has 0 nitrogen and oxygen atoms in total. The van der Waals surface area contributed by atoms with Crippen LogP contribution in [-0.2, 0) is 0 Å². The van der Waals surface area contributed by atoms with E-state index in [0.717, 1.165) is 0 Å². The fourth-order valence-corrected chi connectivity index (χ4v) is 8.64. The summed E-state index contributed by atoms with van der Waals surface area (Å²) < 4.78 is 8.23. The maximum absolute atomic E-state index is 2.41. The first-order chi connectivity index (χ1) is 13.9. The van der Waals surface area contributed by atoms with Gasteiger partial charge in [-0.15, -0.1) is 0 Å². The molecule has 0 saturated heterocycles. The fourth-order valence-electron chi connectivity index (χ4n) is 3.55. The smallest absolute Gasteiger partial charge is 0.0622 e. The summed E-state index contributed by atoms with van der Waals surface area (Å²) in [5, 5.41) is 0. The van der Waals surface area contributed by atoms with E-state index in [9.17, 15) is 0 Å². The Morgan fingerprint density at radius 2 is 0.929 bits per heavy atom. The van der Waals surface area contributed by atoms with Crippen LogP contribution in [0, 0.1) is 0 Å². The highest BCUT2D eigenvalue weighted by atomic mass is 32.2. The maximum Gasteiger partial charge on any atom is 0.286 e. The molecule has 6 rings (SSSR count). The molecule has 2 aliphatic rings. The average Bonchev–Trinajstić information content (AvgIpc) is 3.38. The molecule has 132 valence electrons. The number of benzene rings is 2. The van der Waals surface area contributed by atoms with Crippen molar-refractivity contribution in [2.75, 3.05) is 0 Å². The Kier molecular flexibility index (Phi) is 3.98. The molecule has 0 saturated carbocycles. The lowest BCUT2D eigenvalue weighted by molar-refractivity contribution is 1.84. The molecular weight excluding hydrogens is 417 g/mol. The minimum absolute atomic E-state index is 1.34. The SMILES string of the molecule is c1ccc2c(-c3sc4ccccc4[s+]3)cc(-c3sc4ccccc4[s+]3)c-2cc1. The van der Waals surface area contributed by atoms with Gasteiger partial charge in [0, 0.05) is 0 Å². The van der Waals surface area contributed by atoms with E-state index in [0.29, 0.717) is 0 Å². The highest BCUT2D eigenvalue weighted by Gasteiger charge is 2.29. The lowest BCUT2D eigenvalue weighted by atomic mass is 10.1. The first-order valence-electron chi connectivity index (χ1n) is 9.03. The molecule has 2 heterocycles. The Labute approximate surface area is 179 Å². The Morgan fingerprint density at radius 1 is 0.464 bits per heavy atom. The lowest BCUT2D eigenvalue weighted by Crippen LogP contribution is -1.71. The monoisotopic (exact) mass is 430 g/mol. The number of rotatable bonds is 2. The third-order valence-electron chi connectivity index (χ3n) is 4.86. The van der Waals surface area contributed by atoms with Crippen molar-refractivity contribution in [3.8, 4) is 30.6 Å². The van der Waals surface area contributed by atoms with Crippen LogP contribution in [0.3, 0.4) is 0 Å². The van der Waals surface area contributed by atoms with Gasteiger partial charge in [0.25, 0.3) is 8.38 Å². The summed E-state index contributed by atoms with van der Waals surface area (Å²) in [5.41, 5.74) is 5.40. The Balaban J connectivity index is 1.62. The Bertz CT molecular complexity index is 1250. The van der Waals surface area contributed by atoms with Gasteiger partial charge in [0.2, 0.25) is 0 Å². The molecule has 0 bridgehead atoms. The van der Waals surface area contributed by atoms with E-state index >= 15 is 0 Å². The molecule has 28 heavy (non-hydrogen) atoms. The number of hydrogen-bond donors (Lipinski definition) is 0. The third kappa shape index (κ3) is 2.68. The predicted molar refractivity (Wildman–Crippen MR) is 129 cm³/mol. The zero-order valence-electron chi connectivity index (χ0n) is 14.7. The molecule has 2 aromatic carbocycles. The quantitative estimate of drug-likeness (QED) is 0.240. The number of hydrogen-bond acceptors (Lipinski definition) is 2. The van der Waals surface area contributed by atoms with E-state index < -0.39 is 0 Å². The van der Waals surface area contributed by atoms with Crippen molar-refractivity contribution in [3.63, 3.8) is 0 Å². The maximum atomic E-state index is 2.41. The van der Waals surface area contributed by atoms with Crippen molar-refractivity contribution in [1.82, 2.24) is 0 Å². The molecule has 4 heteroatoms. The van der Waals surface area contributed by atoms with Gasteiger partial charge in [-0.25, -0.2) is 0 Å². The highest BCUT2D eigenvalue weighted by Crippen LogP contribution is 2.51. The third-order valence-corrected chi connectivity index (χ3v) is 10.0. The second-order valence-corrected chi connectivity index (χ2v) is 11.3. The molecule has 0 unspecified atom stereocenters. The average molecular weight is 431 g/mol. The Hall–Kier alpha value is -2.24. The molecular formula is C24H14S4+2. The van der Waals surface area contributed by atoms with Crippen LogP contribution < -0.4 is 0 Å². The van der Waals surface area contributed by atoms with E-state index in [1.54, 1.807) is 0 Å². The van der Waals surface area contributed by atoms with Crippen molar-refractivity contribution in [1.29, 1.82) is 0 Å². The van der Waals surface area contributed by atoms with Crippen LogP contribution in [0.25, 0.3) is 49.4 Å². The van der Waals surface area contributed by atoms with Gasteiger partial charge in [0.05, 0.1) is 56.5 Å². The summed E-state index contributed by atoms with van der Waals surface area (Å²) >= 11 is 7.60. The summed E-state index contributed by atoms with van der Waals surface area (Å²) in [6.07, 6.45) is 0. The highest BCUT2D eigenvalue weighted by molar-refractivity contribution is 7.44. The van der Waals surface area contributed by atoms with Gasteiger partial charge in [0.1, 0.15) is 0 Å². The minimum atomic E-state index is 1.34. The molecule has 0 fully saturated rings. The topological polar surface area (TPSA) is 0 Å². The molecule has 0 amide bonds. The summed E-state index contributed by atoms with van der Waals surface area (Å²) in [5.74, 6) is 0. The summed E-state index contributed by atoms with van der Waals surface area (Å²) in [6.45, 7) is 0. The molecule has 0 aliphatic heterocycles. The van der Waals surface area contributed by atoms with Gasteiger partial charge < -0.3 is 0 Å². The van der Waals surface area contributed by atoms with Crippen LogP contribution in [0.5, 0.6) is 0 Å². The van der Waals surface area contributed by atoms with Crippen LogP contribution in [0.1, 0.15) is 0 Å². The molecule has 0 spiro atoms. The first kappa shape index (κ1) is 16.7. The minimum Gasteiger partial charge on any atom is -0.0622 e. The van der Waals surface area contributed by atoms with Gasteiger partial charge in [-0.3, -0.25) is 0 Å². The van der Waals surface area contributed by atoms with E-state index in [2.05, 4.69) is 84.9 Å². The Morgan fingerprint density at radius 3 is 1.43 bits per heavy atom. The van der Waals surface area contributed by atoms with Gasteiger partial charge in [-0.1, -0.05) is 54.6 Å². The molecule has 0 radical (unpaired) electrons. The normalized spacial score (nSPS) is 11.6. The molecule has 0 N–H and O–H groups in total. The van der Waals surface area contributed by atoms with Crippen LogP contribution in [-0.4, -0.2) is 0 Å². The predicted octanol–water partition coefficient (Wildman–Crippen LogP) is 9.24. The zero-order valence-corrected chi connectivity index (χ0v) is 18.0. The van der Waals surface area contributed by atoms with Gasteiger partial charge >= 0.3 is 0 Å². The van der Waals surface area contributed by atoms with Gasteiger partial charge in [-0.05, 0) is 41.5 Å². The molecule has 4 aromatic rings.